The highest BCUT2D eigenvalue weighted by atomic mass is 16.5. The van der Waals surface area contributed by atoms with E-state index in [1.165, 1.54) is 12.8 Å². The molecule has 2 aromatic rings. The van der Waals surface area contributed by atoms with Gasteiger partial charge >= 0.3 is 0 Å². The minimum atomic E-state index is -0.106. The lowest BCUT2D eigenvalue weighted by molar-refractivity contribution is 0.0946. The predicted octanol–water partition coefficient (Wildman–Crippen LogP) is 3.90. The average Bonchev–Trinajstić information content (AvgIpc) is 3.29. The summed E-state index contributed by atoms with van der Waals surface area (Å²) in [5.41, 5.74) is 2.73. The molecule has 1 aliphatic rings. The Morgan fingerprint density at radius 2 is 2.00 bits per heavy atom. The summed E-state index contributed by atoms with van der Waals surface area (Å²) >= 11 is 0. The Labute approximate surface area is 167 Å². The molecule has 28 heavy (non-hydrogen) atoms. The lowest BCUT2D eigenvalue weighted by atomic mass is 10.1. The SMILES string of the molecule is COc1cc(C(=O)NCC(C)Cn2nc(C)cc2C)ccc1OC1CCCC1. The standard InChI is InChI=1S/C22H31N3O3/c1-15(14-25-17(3)11-16(2)24-25)13-23-22(26)18-9-10-20(21(12-18)27-4)28-19-7-5-6-8-19/h9-12,15,19H,5-8,13-14H2,1-4H3,(H,23,26). The van der Waals surface area contributed by atoms with Crippen LogP contribution >= 0.6 is 0 Å². The maximum Gasteiger partial charge on any atom is 0.251 e. The summed E-state index contributed by atoms with van der Waals surface area (Å²) in [6.07, 6.45) is 4.84. The highest BCUT2D eigenvalue weighted by Gasteiger charge is 2.19. The molecule has 1 aromatic carbocycles. The Hall–Kier alpha value is -2.50. The van der Waals surface area contributed by atoms with E-state index < -0.39 is 0 Å². The van der Waals surface area contributed by atoms with Crippen LogP contribution in [-0.4, -0.2) is 35.4 Å². The summed E-state index contributed by atoms with van der Waals surface area (Å²) in [5.74, 6) is 1.49. The molecule has 6 heteroatoms. The molecular weight excluding hydrogens is 354 g/mol. The van der Waals surface area contributed by atoms with Crippen LogP contribution in [0.25, 0.3) is 0 Å². The molecule has 0 aliphatic heterocycles. The molecule has 0 saturated heterocycles. The van der Waals surface area contributed by atoms with Crippen molar-refractivity contribution >= 4 is 5.91 Å². The van der Waals surface area contributed by atoms with Gasteiger partial charge in [-0.05, 0) is 69.7 Å². The van der Waals surface area contributed by atoms with Crippen LogP contribution in [0.15, 0.2) is 24.3 Å². The molecule has 1 fully saturated rings. The molecular formula is C22H31N3O3. The molecule has 1 unspecified atom stereocenters. The van der Waals surface area contributed by atoms with Gasteiger partial charge in [0.05, 0.1) is 18.9 Å². The van der Waals surface area contributed by atoms with E-state index in [9.17, 15) is 4.79 Å². The van der Waals surface area contributed by atoms with Gasteiger partial charge in [-0.15, -0.1) is 0 Å². The monoisotopic (exact) mass is 385 g/mol. The summed E-state index contributed by atoms with van der Waals surface area (Å²) in [6, 6.07) is 7.46. The molecule has 3 rings (SSSR count). The zero-order valence-electron chi connectivity index (χ0n) is 17.3. The number of ether oxygens (including phenoxy) is 2. The summed E-state index contributed by atoms with van der Waals surface area (Å²) < 4.78 is 13.5. The van der Waals surface area contributed by atoms with E-state index in [-0.39, 0.29) is 17.9 Å². The van der Waals surface area contributed by atoms with Gasteiger partial charge in [-0.1, -0.05) is 6.92 Å². The molecule has 0 bridgehead atoms. The fraction of sp³-hybridized carbons (Fsp3) is 0.545. The van der Waals surface area contributed by atoms with Crippen molar-refractivity contribution in [3.63, 3.8) is 0 Å². The van der Waals surface area contributed by atoms with Crippen molar-refractivity contribution in [3.8, 4) is 11.5 Å². The second-order valence-electron chi connectivity index (χ2n) is 7.81. The number of rotatable bonds is 8. The van der Waals surface area contributed by atoms with Crippen molar-refractivity contribution in [1.82, 2.24) is 15.1 Å². The molecule has 0 radical (unpaired) electrons. The number of amides is 1. The van der Waals surface area contributed by atoms with E-state index in [4.69, 9.17) is 9.47 Å². The Kier molecular flexibility index (Phi) is 6.60. The van der Waals surface area contributed by atoms with Gasteiger partial charge in [0.1, 0.15) is 0 Å². The van der Waals surface area contributed by atoms with Gasteiger partial charge in [0, 0.05) is 24.3 Å². The van der Waals surface area contributed by atoms with Gasteiger partial charge in [0.15, 0.2) is 11.5 Å². The Bertz CT molecular complexity index is 809. The number of hydrogen-bond acceptors (Lipinski definition) is 4. The van der Waals surface area contributed by atoms with Gasteiger partial charge in [0.25, 0.3) is 5.91 Å². The molecule has 1 amide bonds. The van der Waals surface area contributed by atoms with E-state index in [1.807, 2.05) is 24.6 Å². The first kappa shape index (κ1) is 20.2. The first-order valence-electron chi connectivity index (χ1n) is 10.1. The highest BCUT2D eigenvalue weighted by Crippen LogP contribution is 2.32. The fourth-order valence-corrected chi connectivity index (χ4v) is 3.68. The van der Waals surface area contributed by atoms with Crippen molar-refractivity contribution in [2.45, 2.75) is 59.1 Å². The van der Waals surface area contributed by atoms with Gasteiger partial charge in [-0.25, -0.2) is 0 Å². The fourth-order valence-electron chi connectivity index (χ4n) is 3.68. The molecule has 1 aliphatic carbocycles. The quantitative estimate of drug-likeness (QED) is 0.749. The number of methoxy groups -OCH3 is 1. The third kappa shape index (κ3) is 5.06. The van der Waals surface area contributed by atoms with Crippen LogP contribution < -0.4 is 14.8 Å². The Morgan fingerprint density at radius 1 is 1.25 bits per heavy atom. The number of benzene rings is 1. The molecule has 1 N–H and O–H groups in total. The normalized spacial score (nSPS) is 15.4. The topological polar surface area (TPSA) is 65.4 Å². The Morgan fingerprint density at radius 3 is 2.64 bits per heavy atom. The zero-order chi connectivity index (χ0) is 20.1. The van der Waals surface area contributed by atoms with Crippen molar-refractivity contribution < 1.29 is 14.3 Å². The second kappa shape index (κ2) is 9.13. The number of aromatic nitrogens is 2. The zero-order valence-corrected chi connectivity index (χ0v) is 17.3. The van der Waals surface area contributed by atoms with Crippen molar-refractivity contribution in [3.05, 3.63) is 41.2 Å². The van der Waals surface area contributed by atoms with Crippen LogP contribution in [0, 0.1) is 19.8 Å². The summed E-state index contributed by atoms with van der Waals surface area (Å²) in [7, 11) is 1.61. The van der Waals surface area contributed by atoms with E-state index in [1.54, 1.807) is 19.2 Å². The highest BCUT2D eigenvalue weighted by molar-refractivity contribution is 5.94. The number of carbonyl (C=O) groups excluding carboxylic acids is 1. The third-order valence-corrected chi connectivity index (χ3v) is 5.22. The van der Waals surface area contributed by atoms with Crippen molar-refractivity contribution in [2.24, 2.45) is 5.92 Å². The van der Waals surface area contributed by atoms with Crippen LogP contribution in [0.3, 0.4) is 0 Å². The van der Waals surface area contributed by atoms with E-state index in [0.717, 1.165) is 30.8 Å². The second-order valence-corrected chi connectivity index (χ2v) is 7.81. The Balaban J connectivity index is 1.56. The minimum Gasteiger partial charge on any atom is -0.493 e. The van der Waals surface area contributed by atoms with Crippen LogP contribution in [0.2, 0.25) is 0 Å². The molecule has 1 saturated carbocycles. The summed E-state index contributed by atoms with van der Waals surface area (Å²) in [4.78, 5) is 12.6. The third-order valence-electron chi connectivity index (χ3n) is 5.22. The summed E-state index contributed by atoms with van der Waals surface area (Å²) in [6.45, 7) is 7.50. The van der Waals surface area contributed by atoms with Crippen molar-refractivity contribution in [1.29, 1.82) is 0 Å². The minimum absolute atomic E-state index is 0.106. The molecule has 0 spiro atoms. The smallest absolute Gasteiger partial charge is 0.251 e. The number of nitrogens with one attached hydrogen (secondary N) is 1. The maximum atomic E-state index is 12.6. The predicted molar refractivity (Wildman–Crippen MR) is 109 cm³/mol. The largest absolute Gasteiger partial charge is 0.493 e. The van der Waals surface area contributed by atoms with Gasteiger partial charge in [0.2, 0.25) is 0 Å². The number of nitrogens with zero attached hydrogens (tertiary/aromatic N) is 2. The van der Waals surface area contributed by atoms with Crippen LogP contribution in [0.1, 0.15) is 54.4 Å². The number of carbonyl (C=O) groups is 1. The van der Waals surface area contributed by atoms with Gasteiger partial charge in [-0.2, -0.15) is 5.10 Å². The van der Waals surface area contributed by atoms with Crippen LogP contribution in [0.4, 0.5) is 0 Å². The average molecular weight is 386 g/mol. The molecule has 152 valence electrons. The summed E-state index contributed by atoms with van der Waals surface area (Å²) in [5, 5.41) is 7.50. The van der Waals surface area contributed by atoms with E-state index in [2.05, 4.69) is 23.4 Å². The first-order valence-corrected chi connectivity index (χ1v) is 10.1. The van der Waals surface area contributed by atoms with Crippen molar-refractivity contribution in [2.75, 3.05) is 13.7 Å². The number of hydrogen-bond donors (Lipinski definition) is 1. The molecule has 6 nitrogen and oxygen atoms in total. The van der Waals surface area contributed by atoms with E-state index in [0.29, 0.717) is 23.6 Å². The first-order chi connectivity index (χ1) is 13.5. The number of aryl methyl sites for hydroxylation is 2. The van der Waals surface area contributed by atoms with Gasteiger partial charge < -0.3 is 14.8 Å². The van der Waals surface area contributed by atoms with Crippen LogP contribution in [-0.2, 0) is 6.54 Å². The lowest BCUT2D eigenvalue weighted by Gasteiger charge is -2.17. The molecule has 1 heterocycles. The molecule has 1 atom stereocenters. The van der Waals surface area contributed by atoms with E-state index >= 15 is 0 Å². The van der Waals surface area contributed by atoms with Crippen LogP contribution in [0.5, 0.6) is 11.5 Å². The maximum absolute atomic E-state index is 12.6. The van der Waals surface area contributed by atoms with Gasteiger partial charge in [-0.3, -0.25) is 9.48 Å². The molecule has 1 aromatic heterocycles. The lowest BCUT2D eigenvalue weighted by Crippen LogP contribution is -2.30.